The maximum atomic E-state index is 13.0. The van der Waals surface area contributed by atoms with Crippen molar-refractivity contribution in [3.8, 4) is 0 Å². The van der Waals surface area contributed by atoms with Crippen LogP contribution < -0.4 is 15.6 Å². The number of carbonyl (C=O) groups is 1. The highest BCUT2D eigenvalue weighted by Crippen LogP contribution is 2.29. The second-order valence-electron chi connectivity index (χ2n) is 8.79. The van der Waals surface area contributed by atoms with E-state index in [-0.39, 0.29) is 17.9 Å². The first-order chi connectivity index (χ1) is 16.0. The Hall–Kier alpha value is -3.31. The number of nitrogens with one attached hydrogen (secondary N) is 1. The van der Waals surface area contributed by atoms with E-state index in [1.165, 1.54) is 11.3 Å². The number of fused-ring (bicyclic) bond motifs is 2. The number of carbonyl (C=O) groups excluding carboxylic acids is 1. The van der Waals surface area contributed by atoms with E-state index in [0.29, 0.717) is 23.2 Å². The number of rotatable bonds is 5. The number of hydrogen-bond acceptors (Lipinski definition) is 3. The number of amides is 1. The van der Waals surface area contributed by atoms with Crippen molar-refractivity contribution in [3.05, 3.63) is 87.5 Å². The zero-order chi connectivity index (χ0) is 22.9. The van der Waals surface area contributed by atoms with Gasteiger partial charge in [0.15, 0.2) is 5.43 Å². The number of nitrogens with zero attached hydrogens (tertiary/aromatic N) is 2. The van der Waals surface area contributed by atoms with E-state index in [0.717, 1.165) is 35.6 Å². The third-order valence-corrected chi connectivity index (χ3v) is 6.80. The molecule has 2 heterocycles. The lowest BCUT2D eigenvalue weighted by Crippen LogP contribution is -2.33. The molecule has 1 aliphatic rings. The van der Waals surface area contributed by atoms with Crippen LogP contribution in [0.5, 0.6) is 0 Å². The van der Waals surface area contributed by atoms with Crippen molar-refractivity contribution in [2.45, 2.75) is 19.9 Å². The fourth-order valence-corrected chi connectivity index (χ4v) is 5.01. The Balaban J connectivity index is 1.31. The van der Waals surface area contributed by atoms with Crippen molar-refractivity contribution < 1.29 is 4.79 Å². The van der Waals surface area contributed by atoms with Gasteiger partial charge < -0.3 is 14.8 Å². The predicted molar refractivity (Wildman–Crippen MR) is 135 cm³/mol. The highest BCUT2D eigenvalue weighted by molar-refractivity contribution is 6.30. The van der Waals surface area contributed by atoms with Crippen molar-refractivity contribution in [3.63, 3.8) is 0 Å². The van der Waals surface area contributed by atoms with Gasteiger partial charge in [-0.05, 0) is 61.2 Å². The maximum absolute atomic E-state index is 13.0. The second-order valence-corrected chi connectivity index (χ2v) is 9.22. The second kappa shape index (κ2) is 8.91. The van der Waals surface area contributed by atoms with E-state index in [1.807, 2.05) is 71.3 Å². The summed E-state index contributed by atoms with van der Waals surface area (Å²) in [6, 6.07) is 20.9. The summed E-state index contributed by atoms with van der Waals surface area (Å²) in [5.41, 5.74) is 3.93. The van der Waals surface area contributed by atoms with Crippen LogP contribution in [-0.4, -0.2) is 30.1 Å². The minimum absolute atomic E-state index is 0.000198. The zero-order valence-corrected chi connectivity index (χ0v) is 19.3. The molecule has 1 N–H and O–H groups in total. The number of halogens is 1. The molecule has 1 aromatic heterocycles. The molecule has 4 aromatic rings. The third kappa shape index (κ3) is 4.21. The molecule has 0 radical (unpaired) electrons. The Morgan fingerprint density at radius 1 is 1.03 bits per heavy atom. The number of aryl methyl sites for hydroxylation is 1. The Morgan fingerprint density at radius 2 is 1.70 bits per heavy atom. The molecule has 0 spiro atoms. The van der Waals surface area contributed by atoms with Gasteiger partial charge in [0, 0.05) is 41.1 Å². The quantitative estimate of drug-likeness (QED) is 0.438. The lowest BCUT2D eigenvalue weighted by atomic mass is 10.1. The van der Waals surface area contributed by atoms with E-state index < -0.39 is 0 Å². The van der Waals surface area contributed by atoms with E-state index in [2.05, 4.69) is 17.1 Å². The number of hydrogen-bond donors (Lipinski definition) is 1. The van der Waals surface area contributed by atoms with Gasteiger partial charge in [0.1, 0.15) is 6.54 Å². The molecule has 3 aromatic carbocycles. The lowest BCUT2D eigenvalue weighted by molar-refractivity contribution is -0.121. The van der Waals surface area contributed by atoms with Crippen LogP contribution in [0, 0.1) is 12.8 Å². The average Bonchev–Trinajstić information content (AvgIpc) is 3.31. The highest BCUT2D eigenvalue weighted by atomic mass is 35.5. The molecular formula is C27H26ClN3O2. The van der Waals surface area contributed by atoms with Gasteiger partial charge in [-0.1, -0.05) is 41.9 Å². The molecule has 5 nitrogen and oxygen atoms in total. The Morgan fingerprint density at radius 3 is 2.39 bits per heavy atom. The fourth-order valence-electron chi connectivity index (χ4n) is 4.85. The van der Waals surface area contributed by atoms with Crippen LogP contribution in [0.1, 0.15) is 12.0 Å². The Kier molecular flexibility index (Phi) is 5.81. The minimum Gasteiger partial charge on any atom is -0.371 e. The topological polar surface area (TPSA) is 54.3 Å². The molecule has 1 fully saturated rings. The van der Waals surface area contributed by atoms with E-state index >= 15 is 0 Å². The van der Waals surface area contributed by atoms with Crippen LogP contribution in [0.4, 0.5) is 5.69 Å². The van der Waals surface area contributed by atoms with Crippen LogP contribution in [0.25, 0.3) is 21.8 Å². The molecule has 1 aliphatic heterocycles. The van der Waals surface area contributed by atoms with Gasteiger partial charge in [-0.15, -0.1) is 0 Å². The molecule has 1 unspecified atom stereocenters. The van der Waals surface area contributed by atoms with Gasteiger partial charge in [-0.3, -0.25) is 9.59 Å². The van der Waals surface area contributed by atoms with E-state index in [9.17, 15) is 9.59 Å². The standard InChI is InChI=1S/C27H26ClN3O2/c1-18-10-11-20(28)14-25(18)30-13-12-19(16-30)15-29-26(32)17-31-23-8-4-2-6-21(23)27(33)22-7-3-5-9-24(22)31/h2-11,14,19H,12-13,15-17H2,1H3,(H,29,32). The van der Waals surface area contributed by atoms with Crippen LogP contribution in [0.2, 0.25) is 5.02 Å². The SMILES string of the molecule is Cc1ccc(Cl)cc1N1CCC(CNC(=O)Cn2c3ccccc3c(=O)c3ccccc32)C1. The number of para-hydroxylation sites is 2. The van der Waals surface area contributed by atoms with Crippen molar-refractivity contribution in [2.75, 3.05) is 24.5 Å². The molecule has 1 amide bonds. The largest absolute Gasteiger partial charge is 0.371 e. The molecule has 6 heteroatoms. The summed E-state index contributed by atoms with van der Waals surface area (Å²) in [5, 5.41) is 5.13. The van der Waals surface area contributed by atoms with Crippen molar-refractivity contribution in [1.82, 2.24) is 9.88 Å². The molecule has 0 aliphatic carbocycles. The lowest BCUT2D eigenvalue weighted by Gasteiger charge is -2.21. The van der Waals surface area contributed by atoms with Crippen molar-refractivity contribution >= 4 is 45.0 Å². The normalized spacial score (nSPS) is 15.9. The van der Waals surface area contributed by atoms with E-state index in [1.54, 1.807) is 0 Å². The number of pyridine rings is 1. The van der Waals surface area contributed by atoms with E-state index in [4.69, 9.17) is 11.6 Å². The Labute approximate surface area is 197 Å². The van der Waals surface area contributed by atoms with Gasteiger partial charge in [-0.25, -0.2) is 0 Å². The smallest absolute Gasteiger partial charge is 0.239 e. The highest BCUT2D eigenvalue weighted by Gasteiger charge is 2.24. The maximum Gasteiger partial charge on any atom is 0.239 e. The van der Waals surface area contributed by atoms with Crippen molar-refractivity contribution in [1.29, 1.82) is 0 Å². The van der Waals surface area contributed by atoms with Crippen LogP contribution in [0.3, 0.4) is 0 Å². The number of anilines is 1. The fraction of sp³-hybridized carbons (Fsp3) is 0.259. The first-order valence-electron chi connectivity index (χ1n) is 11.3. The average molecular weight is 460 g/mol. The molecular weight excluding hydrogens is 434 g/mol. The monoisotopic (exact) mass is 459 g/mol. The van der Waals surface area contributed by atoms with Gasteiger partial charge >= 0.3 is 0 Å². The number of aromatic nitrogens is 1. The zero-order valence-electron chi connectivity index (χ0n) is 18.6. The molecule has 0 saturated carbocycles. The van der Waals surface area contributed by atoms with Crippen LogP contribution in [0.15, 0.2) is 71.5 Å². The van der Waals surface area contributed by atoms with Gasteiger partial charge in [-0.2, -0.15) is 0 Å². The Bertz CT molecular complexity index is 1350. The molecule has 5 rings (SSSR count). The first kappa shape index (κ1) is 21.5. The van der Waals surface area contributed by atoms with Crippen molar-refractivity contribution in [2.24, 2.45) is 5.92 Å². The molecule has 1 atom stereocenters. The van der Waals surface area contributed by atoms with Crippen LogP contribution >= 0.6 is 11.6 Å². The first-order valence-corrected chi connectivity index (χ1v) is 11.7. The number of benzene rings is 3. The summed E-state index contributed by atoms with van der Waals surface area (Å²) < 4.78 is 1.94. The molecule has 33 heavy (non-hydrogen) atoms. The van der Waals surface area contributed by atoms with Gasteiger partial charge in [0.25, 0.3) is 0 Å². The third-order valence-electron chi connectivity index (χ3n) is 6.57. The predicted octanol–water partition coefficient (Wildman–Crippen LogP) is 4.76. The van der Waals surface area contributed by atoms with Gasteiger partial charge in [0.05, 0.1) is 11.0 Å². The minimum atomic E-state index is -0.0497. The van der Waals surface area contributed by atoms with Crippen LogP contribution in [-0.2, 0) is 11.3 Å². The molecule has 1 saturated heterocycles. The van der Waals surface area contributed by atoms with Gasteiger partial charge in [0.2, 0.25) is 5.91 Å². The summed E-state index contributed by atoms with van der Waals surface area (Å²) in [5.74, 6) is 0.334. The summed E-state index contributed by atoms with van der Waals surface area (Å²) in [6.07, 6.45) is 1.02. The molecule has 168 valence electrons. The summed E-state index contributed by atoms with van der Waals surface area (Å²) in [7, 11) is 0. The summed E-state index contributed by atoms with van der Waals surface area (Å²) >= 11 is 6.20. The summed E-state index contributed by atoms with van der Waals surface area (Å²) in [6.45, 7) is 4.75. The molecule has 0 bridgehead atoms. The summed E-state index contributed by atoms with van der Waals surface area (Å²) in [4.78, 5) is 28.2.